The van der Waals surface area contributed by atoms with Crippen molar-refractivity contribution in [1.82, 2.24) is 5.16 Å². The Labute approximate surface area is 161 Å². The maximum absolute atomic E-state index is 12.6. The molecule has 0 radical (unpaired) electrons. The van der Waals surface area contributed by atoms with E-state index < -0.39 is 15.7 Å². The van der Waals surface area contributed by atoms with Crippen molar-refractivity contribution < 1.29 is 22.5 Å². The smallest absolute Gasteiger partial charge is 0.228 e. The van der Waals surface area contributed by atoms with E-state index in [0.717, 1.165) is 4.90 Å². The number of aryl methyl sites for hydroxylation is 1. The highest BCUT2D eigenvalue weighted by atomic mass is 32.2. The Morgan fingerprint density at radius 3 is 2.89 bits per heavy atom. The van der Waals surface area contributed by atoms with Crippen LogP contribution in [0.4, 0.5) is 11.5 Å². The van der Waals surface area contributed by atoms with Crippen LogP contribution < -0.4 is 10.6 Å². The molecule has 2 aromatic rings. The number of aromatic nitrogens is 1. The number of rotatable bonds is 5. The van der Waals surface area contributed by atoms with Gasteiger partial charge < -0.3 is 15.2 Å². The molecule has 1 atom stereocenters. The lowest BCUT2D eigenvalue weighted by atomic mass is 10.2. The molecule has 0 bridgehead atoms. The van der Waals surface area contributed by atoms with Gasteiger partial charge in [-0.3, -0.25) is 9.59 Å². The van der Waals surface area contributed by atoms with Crippen LogP contribution in [0, 0.1) is 12.8 Å². The molecule has 2 heterocycles. The third-order valence-electron chi connectivity index (χ3n) is 4.00. The van der Waals surface area contributed by atoms with E-state index in [9.17, 15) is 18.0 Å². The van der Waals surface area contributed by atoms with E-state index >= 15 is 0 Å². The predicted octanol–water partition coefficient (Wildman–Crippen LogP) is 2.47. The second-order valence-electron chi connectivity index (χ2n) is 6.30. The fourth-order valence-corrected chi connectivity index (χ4v) is 4.72. The first kappa shape index (κ1) is 19.4. The molecule has 8 nitrogen and oxygen atoms in total. The molecule has 0 fully saturated rings. The Morgan fingerprint density at radius 2 is 2.19 bits per heavy atom. The zero-order valence-electron chi connectivity index (χ0n) is 14.8. The normalized spacial score (nSPS) is 17.0. The van der Waals surface area contributed by atoms with E-state index in [-0.39, 0.29) is 34.7 Å². The zero-order chi connectivity index (χ0) is 19.6. The van der Waals surface area contributed by atoms with Crippen LogP contribution in [0.3, 0.4) is 0 Å². The van der Waals surface area contributed by atoms with Gasteiger partial charge >= 0.3 is 0 Å². The van der Waals surface area contributed by atoms with Gasteiger partial charge in [0.05, 0.1) is 16.3 Å². The van der Waals surface area contributed by atoms with Crippen LogP contribution in [0.1, 0.15) is 19.1 Å². The van der Waals surface area contributed by atoms with Crippen LogP contribution in [0.25, 0.3) is 0 Å². The average molecular weight is 409 g/mol. The number of sulfone groups is 1. The summed E-state index contributed by atoms with van der Waals surface area (Å²) in [5.74, 6) is 0.285. The summed E-state index contributed by atoms with van der Waals surface area (Å²) < 4.78 is 30.0. The van der Waals surface area contributed by atoms with Crippen LogP contribution in [0.15, 0.2) is 38.6 Å². The van der Waals surface area contributed by atoms with E-state index in [1.54, 1.807) is 19.1 Å². The molecule has 144 valence electrons. The fourth-order valence-electron chi connectivity index (χ4n) is 2.45. The number of carbonyl (C=O) groups is 2. The van der Waals surface area contributed by atoms with Gasteiger partial charge in [0.2, 0.25) is 11.8 Å². The van der Waals surface area contributed by atoms with Crippen LogP contribution in [0.5, 0.6) is 0 Å². The molecule has 1 aliphatic rings. The van der Waals surface area contributed by atoms with E-state index in [0.29, 0.717) is 17.2 Å². The second kappa shape index (κ2) is 7.73. The van der Waals surface area contributed by atoms with Crippen LogP contribution in [-0.2, 0) is 19.4 Å². The van der Waals surface area contributed by atoms with Crippen molar-refractivity contribution in [3.63, 3.8) is 0 Å². The van der Waals surface area contributed by atoms with Crippen molar-refractivity contribution in [1.29, 1.82) is 0 Å². The molecule has 0 aliphatic carbocycles. The summed E-state index contributed by atoms with van der Waals surface area (Å²) in [6.45, 7) is 3.50. The number of benzene rings is 1. The molecular formula is C17H19N3O5S2. The maximum atomic E-state index is 12.6. The summed E-state index contributed by atoms with van der Waals surface area (Å²) in [5.41, 5.74) is 0.484. The number of anilines is 2. The summed E-state index contributed by atoms with van der Waals surface area (Å²) >= 11 is 1.50. The van der Waals surface area contributed by atoms with Gasteiger partial charge in [-0.2, -0.15) is 0 Å². The lowest BCUT2D eigenvalue weighted by Crippen LogP contribution is -2.20. The maximum Gasteiger partial charge on any atom is 0.228 e. The van der Waals surface area contributed by atoms with Crippen molar-refractivity contribution >= 4 is 44.9 Å². The molecule has 3 rings (SSSR count). The van der Waals surface area contributed by atoms with Crippen LogP contribution in [-0.4, -0.2) is 36.9 Å². The Bertz CT molecular complexity index is 984. The van der Waals surface area contributed by atoms with Gasteiger partial charge in [-0.15, -0.1) is 11.8 Å². The van der Waals surface area contributed by atoms with E-state index in [4.69, 9.17) is 4.52 Å². The minimum absolute atomic E-state index is 0.0711. The van der Waals surface area contributed by atoms with Gasteiger partial charge in [-0.1, -0.05) is 12.1 Å². The van der Waals surface area contributed by atoms with Crippen molar-refractivity contribution in [2.24, 2.45) is 5.92 Å². The van der Waals surface area contributed by atoms with Gasteiger partial charge in [0.1, 0.15) is 5.76 Å². The summed E-state index contributed by atoms with van der Waals surface area (Å²) in [6, 6.07) is 6.18. The number of hydrogen-bond acceptors (Lipinski definition) is 7. The summed E-state index contributed by atoms with van der Waals surface area (Å²) in [6.07, 6.45) is -0.219. The van der Waals surface area contributed by atoms with Crippen molar-refractivity contribution in [2.75, 3.05) is 22.1 Å². The highest BCUT2D eigenvalue weighted by molar-refractivity contribution is 7.99. The highest BCUT2D eigenvalue weighted by Crippen LogP contribution is 2.34. The number of nitrogens with zero attached hydrogens (tertiary/aromatic N) is 1. The molecule has 0 unspecified atom stereocenters. The van der Waals surface area contributed by atoms with E-state index in [2.05, 4.69) is 15.8 Å². The molecule has 0 spiro atoms. The Balaban J connectivity index is 1.69. The lowest BCUT2D eigenvalue weighted by Gasteiger charge is -2.10. The highest BCUT2D eigenvalue weighted by Gasteiger charge is 2.23. The molecule has 1 aliphatic heterocycles. The minimum Gasteiger partial charge on any atom is -0.360 e. The molecule has 1 aromatic heterocycles. The van der Waals surface area contributed by atoms with Gasteiger partial charge in [0.25, 0.3) is 0 Å². The van der Waals surface area contributed by atoms with Crippen molar-refractivity contribution in [3.8, 4) is 0 Å². The lowest BCUT2D eigenvalue weighted by molar-refractivity contribution is -0.118. The summed E-state index contributed by atoms with van der Waals surface area (Å²) in [5, 5.41) is 8.88. The molecule has 0 saturated heterocycles. The van der Waals surface area contributed by atoms with E-state index in [1.165, 1.54) is 23.9 Å². The number of thioether (sulfide) groups is 1. The van der Waals surface area contributed by atoms with E-state index in [1.807, 2.05) is 6.92 Å². The first-order valence-electron chi connectivity index (χ1n) is 8.28. The van der Waals surface area contributed by atoms with Crippen molar-refractivity contribution in [2.45, 2.75) is 30.1 Å². The monoisotopic (exact) mass is 409 g/mol. The summed E-state index contributed by atoms with van der Waals surface area (Å²) in [7, 11) is -3.68. The average Bonchev–Trinajstić information content (AvgIpc) is 2.96. The Hall–Kier alpha value is -2.33. The first-order valence-corrected chi connectivity index (χ1v) is 10.9. The molecule has 0 saturated carbocycles. The number of hydrogen-bond donors (Lipinski definition) is 2. The number of carbonyl (C=O) groups excluding carboxylic acids is 2. The molecule has 1 aromatic carbocycles. The summed E-state index contributed by atoms with van der Waals surface area (Å²) in [4.78, 5) is 24.8. The number of nitrogens with one attached hydrogen (secondary N) is 2. The number of amides is 2. The van der Waals surface area contributed by atoms with Crippen LogP contribution in [0.2, 0.25) is 0 Å². The Kier molecular flexibility index (Phi) is 5.56. The predicted molar refractivity (Wildman–Crippen MR) is 101 cm³/mol. The largest absolute Gasteiger partial charge is 0.360 e. The third kappa shape index (κ3) is 4.69. The quantitative estimate of drug-likeness (QED) is 0.779. The molecular weight excluding hydrogens is 390 g/mol. The third-order valence-corrected chi connectivity index (χ3v) is 7.05. The van der Waals surface area contributed by atoms with Crippen molar-refractivity contribution in [3.05, 3.63) is 30.0 Å². The topological polar surface area (TPSA) is 118 Å². The zero-order valence-corrected chi connectivity index (χ0v) is 16.4. The molecule has 2 amide bonds. The molecule has 2 N–H and O–H groups in total. The first-order chi connectivity index (χ1) is 12.7. The fraction of sp³-hybridized carbons (Fsp3) is 0.353. The standard InChI is InChI=1S/C17H19N3O5S2/c1-10-9-26-14-4-3-12(8-13(14)18-17(10)22)27(23,24)6-5-16(21)19-15-7-11(2)25-20-15/h3-4,7-8,10H,5-6,9H2,1-2H3,(H,18,22)(H,19,20,21)/t10-/m0/s1. The van der Waals surface area contributed by atoms with Crippen LogP contribution >= 0.6 is 11.8 Å². The van der Waals surface area contributed by atoms with Gasteiger partial charge in [0.15, 0.2) is 15.7 Å². The molecule has 10 heteroatoms. The van der Waals surface area contributed by atoms with Gasteiger partial charge in [0, 0.05) is 29.1 Å². The Morgan fingerprint density at radius 1 is 1.41 bits per heavy atom. The minimum atomic E-state index is -3.68. The molecule has 27 heavy (non-hydrogen) atoms. The SMILES string of the molecule is Cc1cc(NC(=O)CCS(=O)(=O)c2ccc3c(c2)NC(=O)[C@@H](C)CS3)no1. The van der Waals surface area contributed by atoms with Gasteiger partial charge in [-0.05, 0) is 25.1 Å². The second-order valence-corrected chi connectivity index (χ2v) is 9.47. The van der Waals surface area contributed by atoms with Gasteiger partial charge in [-0.25, -0.2) is 8.42 Å². The number of fused-ring (bicyclic) bond motifs is 1.